The van der Waals surface area contributed by atoms with Gasteiger partial charge in [0.25, 0.3) is 5.91 Å². The number of nitrogens with zero attached hydrogens (tertiary/aromatic N) is 3. The molecule has 2 saturated heterocycles. The Hall–Kier alpha value is -1.66. The highest BCUT2D eigenvalue weighted by Gasteiger charge is 2.26. The van der Waals surface area contributed by atoms with Gasteiger partial charge in [-0.05, 0) is 45.7 Å². The van der Waals surface area contributed by atoms with Crippen molar-refractivity contribution in [3.05, 3.63) is 23.9 Å². The summed E-state index contributed by atoms with van der Waals surface area (Å²) in [4.78, 5) is 21.8. The maximum atomic E-state index is 12.7. The van der Waals surface area contributed by atoms with Gasteiger partial charge < -0.3 is 15.0 Å². The number of hydrogen-bond donors (Lipinski definition) is 1. The van der Waals surface area contributed by atoms with Gasteiger partial charge in [-0.25, -0.2) is 4.98 Å². The number of aromatic nitrogens is 1. The van der Waals surface area contributed by atoms with E-state index in [1.54, 1.807) is 6.20 Å². The molecule has 0 spiro atoms. The average molecular weight is 346 g/mol. The lowest BCUT2D eigenvalue weighted by molar-refractivity contribution is -0.0778. The summed E-state index contributed by atoms with van der Waals surface area (Å²) in [5.41, 5.74) is 0.681. The number of anilines is 1. The highest BCUT2D eigenvalue weighted by atomic mass is 16.5. The van der Waals surface area contributed by atoms with E-state index < -0.39 is 0 Å². The summed E-state index contributed by atoms with van der Waals surface area (Å²) in [6.07, 6.45) is 4.58. The van der Waals surface area contributed by atoms with Crippen LogP contribution in [-0.4, -0.2) is 66.8 Å². The third kappa shape index (κ3) is 4.50. The van der Waals surface area contributed by atoms with E-state index in [9.17, 15) is 4.79 Å². The molecule has 1 N–H and O–H groups in total. The lowest BCUT2D eigenvalue weighted by atomic mass is 10.1. The molecule has 1 amide bonds. The SMILES string of the molecule is CC1CN(C(C)CNC(=O)c2cccnc2N2CCCC2)CC(C)O1. The van der Waals surface area contributed by atoms with Crippen LogP contribution < -0.4 is 10.2 Å². The van der Waals surface area contributed by atoms with Crippen molar-refractivity contribution >= 4 is 11.7 Å². The van der Waals surface area contributed by atoms with Crippen LogP contribution in [0.4, 0.5) is 5.82 Å². The van der Waals surface area contributed by atoms with Crippen LogP contribution in [0.25, 0.3) is 0 Å². The second-order valence-corrected chi connectivity index (χ2v) is 7.34. The van der Waals surface area contributed by atoms with Crippen molar-refractivity contribution in [1.82, 2.24) is 15.2 Å². The van der Waals surface area contributed by atoms with Gasteiger partial charge >= 0.3 is 0 Å². The lowest BCUT2D eigenvalue weighted by Gasteiger charge is -2.39. The largest absolute Gasteiger partial charge is 0.373 e. The smallest absolute Gasteiger partial charge is 0.255 e. The van der Waals surface area contributed by atoms with E-state index in [0.717, 1.165) is 32.0 Å². The fourth-order valence-corrected chi connectivity index (χ4v) is 3.80. The molecule has 138 valence electrons. The average Bonchev–Trinajstić information content (AvgIpc) is 3.13. The Bertz CT molecular complexity index is 579. The van der Waals surface area contributed by atoms with Gasteiger partial charge in [0.1, 0.15) is 5.82 Å². The Kier molecular flexibility index (Phi) is 5.91. The number of morpholine rings is 1. The Balaban J connectivity index is 1.59. The maximum absolute atomic E-state index is 12.7. The molecule has 0 aromatic carbocycles. The molecular formula is C19H30N4O2. The Labute approximate surface area is 150 Å². The van der Waals surface area contributed by atoms with E-state index >= 15 is 0 Å². The van der Waals surface area contributed by atoms with Crippen LogP contribution in [0, 0.1) is 0 Å². The number of rotatable bonds is 5. The van der Waals surface area contributed by atoms with Gasteiger partial charge in [-0.1, -0.05) is 0 Å². The van der Waals surface area contributed by atoms with E-state index in [4.69, 9.17) is 4.74 Å². The molecule has 2 aliphatic rings. The van der Waals surface area contributed by atoms with E-state index in [1.165, 1.54) is 12.8 Å². The van der Waals surface area contributed by atoms with Crippen LogP contribution in [0.3, 0.4) is 0 Å². The molecule has 3 unspecified atom stereocenters. The standard InChI is InChI=1S/C19H30N4O2/c1-14(23-12-15(2)25-16(3)13-23)11-21-19(24)17-7-6-8-20-18(17)22-9-4-5-10-22/h6-8,14-16H,4-5,9-13H2,1-3H3,(H,21,24). The van der Waals surface area contributed by atoms with E-state index in [1.807, 2.05) is 12.1 Å². The predicted molar refractivity (Wildman–Crippen MR) is 99.1 cm³/mol. The van der Waals surface area contributed by atoms with Crippen LogP contribution >= 0.6 is 0 Å². The number of hydrogen-bond acceptors (Lipinski definition) is 5. The number of ether oxygens (including phenoxy) is 1. The normalized spacial score (nSPS) is 25.8. The molecule has 3 atom stereocenters. The number of nitrogens with one attached hydrogen (secondary N) is 1. The van der Waals surface area contributed by atoms with Crippen molar-refractivity contribution in [2.24, 2.45) is 0 Å². The highest BCUT2D eigenvalue weighted by Crippen LogP contribution is 2.22. The minimum absolute atomic E-state index is 0.0313. The fraction of sp³-hybridized carbons (Fsp3) is 0.684. The molecule has 0 saturated carbocycles. The zero-order chi connectivity index (χ0) is 17.8. The van der Waals surface area contributed by atoms with Gasteiger partial charge in [-0.2, -0.15) is 0 Å². The molecule has 6 heteroatoms. The van der Waals surface area contributed by atoms with E-state index in [0.29, 0.717) is 12.1 Å². The van der Waals surface area contributed by atoms with Gasteiger partial charge in [0.15, 0.2) is 0 Å². The summed E-state index contributed by atoms with van der Waals surface area (Å²) in [6.45, 7) is 10.8. The molecular weight excluding hydrogens is 316 g/mol. The molecule has 0 radical (unpaired) electrons. The van der Waals surface area contributed by atoms with Crippen molar-refractivity contribution in [3.8, 4) is 0 Å². The summed E-state index contributed by atoms with van der Waals surface area (Å²) in [6, 6.07) is 3.99. The first kappa shape index (κ1) is 18.1. The quantitative estimate of drug-likeness (QED) is 0.883. The number of carbonyl (C=O) groups excluding carboxylic acids is 1. The summed E-state index contributed by atoms with van der Waals surface area (Å²) in [5, 5.41) is 3.10. The maximum Gasteiger partial charge on any atom is 0.255 e. The first-order chi connectivity index (χ1) is 12.0. The van der Waals surface area contributed by atoms with Crippen molar-refractivity contribution in [3.63, 3.8) is 0 Å². The van der Waals surface area contributed by atoms with Gasteiger partial charge in [-0.15, -0.1) is 0 Å². The van der Waals surface area contributed by atoms with E-state index in [2.05, 4.69) is 40.9 Å². The molecule has 3 heterocycles. The van der Waals surface area contributed by atoms with Crippen LogP contribution in [-0.2, 0) is 4.74 Å². The van der Waals surface area contributed by atoms with Crippen LogP contribution in [0.2, 0.25) is 0 Å². The Morgan fingerprint density at radius 1 is 1.32 bits per heavy atom. The molecule has 1 aromatic heterocycles. The third-order valence-corrected chi connectivity index (χ3v) is 5.07. The summed E-state index contributed by atoms with van der Waals surface area (Å²) in [5.74, 6) is 0.787. The van der Waals surface area contributed by atoms with Gasteiger partial charge in [-0.3, -0.25) is 9.69 Å². The van der Waals surface area contributed by atoms with Crippen molar-refractivity contribution in [1.29, 1.82) is 0 Å². The minimum atomic E-state index is -0.0313. The molecule has 6 nitrogen and oxygen atoms in total. The first-order valence-electron chi connectivity index (χ1n) is 9.42. The van der Waals surface area contributed by atoms with Gasteiger partial charge in [0.2, 0.25) is 0 Å². The lowest BCUT2D eigenvalue weighted by Crippen LogP contribution is -2.52. The van der Waals surface area contributed by atoms with Crippen LogP contribution in [0.15, 0.2) is 18.3 Å². The second-order valence-electron chi connectivity index (χ2n) is 7.34. The van der Waals surface area contributed by atoms with Crippen LogP contribution in [0.5, 0.6) is 0 Å². The zero-order valence-electron chi connectivity index (χ0n) is 15.6. The topological polar surface area (TPSA) is 57.7 Å². The zero-order valence-corrected chi connectivity index (χ0v) is 15.6. The monoisotopic (exact) mass is 346 g/mol. The number of pyridine rings is 1. The molecule has 0 bridgehead atoms. The van der Waals surface area contributed by atoms with Crippen LogP contribution in [0.1, 0.15) is 44.0 Å². The van der Waals surface area contributed by atoms with E-state index in [-0.39, 0.29) is 24.2 Å². The van der Waals surface area contributed by atoms with Crippen molar-refractivity contribution < 1.29 is 9.53 Å². The molecule has 25 heavy (non-hydrogen) atoms. The summed E-state index contributed by atoms with van der Waals surface area (Å²) in [7, 11) is 0. The second kappa shape index (κ2) is 8.15. The molecule has 1 aromatic rings. The third-order valence-electron chi connectivity index (χ3n) is 5.07. The van der Waals surface area contributed by atoms with Crippen molar-refractivity contribution in [2.45, 2.75) is 51.9 Å². The van der Waals surface area contributed by atoms with Crippen molar-refractivity contribution in [2.75, 3.05) is 37.6 Å². The first-order valence-corrected chi connectivity index (χ1v) is 9.42. The molecule has 2 aliphatic heterocycles. The fourth-order valence-electron chi connectivity index (χ4n) is 3.80. The number of carbonyl (C=O) groups is 1. The molecule has 2 fully saturated rings. The highest BCUT2D eigenvalue weighted by molar-refractivity contribution is 5.98. The number of amides is 1. The summed E-state index contributed by atoms with van der Waals surface area (Å²) >= 11 is 0. The summed E-state index contributed by atoms with van der Waals surface area (Å²) < 4.78 is 5.79. The predicted octanol–water partition coefficient (Wildman–Crippen LogP) is 1.91. The Morgan fingerprint density at radius 3 is 2.68 bits per heavy atom. The Morgan fingerprint density at radius 2 is 2.00 bits per heavy atom. The van der Waals surface area contributed by atoms with Gasteiger partial charge in [0.05, 0.1) is 17.8 Å². The molecule has 0 aliphatic carbocycles. The van der Waals surface area contributed by atoms with Gasteiger partial charge in [0, 0.05) is 45.0 Å². The molecule has 3 rings (SSSR count). The minimum Gasteiger partial charge on any atom is -0.373 e.